The number of pyridine rings is 2. The van der Waals surface area contributed by atoms with Crippen LogP contribution in [0.2, 0.25) is 0 Å². The number of hydrogen-bond donors (Lipinski definition) is 3. The van der Waals surface area contributed by atoms with Crippen LogP contribution in [0, 0.1) is 5.41 Å². The normalized spacial score (nSPS) is 12.7. The molecule has 6 nitrogen and oxygen atoms in total. The smallest absolute Gasteiger partial charge is 0.116 e. The molecule has 5 rings (SSSR count). The maximum absolute atomic E-state index is 4.68. The Balaban J connectivity index is 1.51. The number of H-pyrrole nitrogens is 2. The molecule has 0 bridgehead atoms. The van der Waals surface area contributed by atoms with E-state index >= 15 is 0 Å². The molecule has 0 aliphatic carbocycles. The number of nitrogens with zero attached hydrogens (tertiary/aromatic N) is 3. The number of fused-ring (bicyclic) bond motifs is 2. The molecule has 6 heteroatoms. The van der Waals surface area contributed by atoms with Crippen LogP contribution in [0.1, 0.15) is 39.7 Å². The summed E-state index contributed by atoms with van der Waals surface area (Å²) in [6, 6.07) is 14.4. The van der Waals surface area contributed by atoms with Gasteiger partial charge in [-0.1, -0.05) is 46.1 Å². The summed E-state index contributed by atoms with van der Waals surface area (Å²) < 4.78 is 0. The van der Waals surface area contributed by atoms with Gasteiger partial charge in [0.2, 0.25) is 0 Å². The zero-order valence-electron chi connectivity index (χ0n) is 23.0. The molecule has 196 valence electrons. The lowest BCUT2D eigenvalue weighted by molar-refractivity contribution is 0.403. The minimum absolute atomic E-state index is 0.153. The zero-order chi connectivity index (χ0) is 27.6. The summed E-state index contributed by atoms with van der Waals surface area (Å²) >= 11 is 0. The fourth-order valence-corrected chi connectivity index (χ4v) is 4.85. The molecule has 0 fully saturated rings. The van der Waals surface area contributed by atoms with E-state index in [0.29, 0.717) is 0 Å². The third kappa shape index (κ3) is 5.60. The summed E-state index contributed by atoms with van der Waals surface area (Å²) in [5.41, 5.74) is 9.83. The van der Waals surface area contributed by atoms with Crippen molar-refractivity contribution in [3.8, 4) is 22.6 Å². The van der Waals surface area contributed by atoms with Gasteiger partial charge in [0, 0.05) is 51.8 Å². The molecule has 5 aromatic rings. The molecule has 0 aliphatic heterocycles. The quantitative estimate of drug-likeness (QED) is 0.182. The van der Waals surface area contributed by atoms with Gasteiger partial charge in [0.1, 0.15) is 5.69 Å². The Labute approximate surface area is 229 Å². The largest absolute Gasteiger partial charge is 0.359 e. The summed E-state index contributed by atoms with van der Waals surface area (Å²) in [6.45, 7) is 16.9. The van der Waals surface area contributed by atoms with E-state index < -0.39 is 0 Å². The van der Waals surface area contributed by atoms with Gasteiger partial charge in [0.05, 0.1) is 16.9 Å². The first kappa shape index (κ1) is 25.9. The first-order valence-electron chi connectivity index (χ1n) is 13.1. The number of allylic oxidation sites excluding steroid dienone is 5. The van der Waals surface area contributed by atoms with Gasteiger partial charge >= 0.3 is 0 Å². The van der Waals surface area contributed by atoms with Crippen LogP contribution < -0.4 is 5.32 Å². The van der Waals surface area contributed by atoms with Crippen LogP contribution in [0.15, 0.2) is 104 Å². The van der Waals surface area contributed by atoms with E-state index in [1.54, 1.807) is 6.20 Å². The van der Waals surface area contributed by atoms with Gasteiger partial charge in [0.25, 0.3) is 0 Å². The fraction of sp³-hybridized carbons (Fsp3) is 0.182. The van der Waals surface area contributed by atoms with E-state index in [1.165, 1.54) is 0 Å². The highest BCUT2D eigenvalue weighted by molar-refractivity contribution is 6.00. The Hall–Kier alpha value is -4.71. The van der Waals surface area contributed by atoms with Crippen LogP contribution in [0.3, 0.4) is 0 Å². The van der Waals surface area contributed by atoms with E-state index in [4.69, 9.17) is 0 Å². The first-order chi connectivity index (χ1) is 18.8. The van der Waals surface area contributed by atoms with Gasteiger partial charge in [-0.05, 0) is 78.4 Å². The van der Waals surface area contributed by atoms with E-state index in [2.05, 4.69) is 101 Å². The van der Waals surface area contributed by atoms with Crippen molar-refractivity contribution in [3.63, 3.8) is 0 Å². The molecule has 3 N–H and O–H groups in total. The van der Waals surface area contributed by atoms with E-state index in [0.717, 1.165) is 73.4 Å². The Kier molecular flexibility index (Phi) is 7.03. The van der Waals surface area contributed by atoms with Crippen molar-refractivity contribution < 1.29 is 0 Å². The van der Waals surface area contributed by atoms with Gasteiger partial charge in [-0.25, -0.2) is 0 Å². The molecular formula is C33H34N6. The number of hydrogen-bond acceptors (Lipinski definition) is 4. The zero-order valence-corrected chi connectivity index (χ0v) is 23.0. The summed E-state index contributed by atoms with van der Waals surface area (Å²) in [5, 5.41) is 13.4. The molecule has 4 heterocycles. The number of benzene rings is 1. The Morgan fingerprint density at radius 3 is 2.56 bits per heavy atom. The van der Waals surface area contributed by atoms with Gasteiger partial charge in [0.15, 0.2) is 0 Å². The molecule has 0 saturated carbocycles. The molecule has 0 amide bonds. The van der Waals surface area contributed by atoms with Crippen LogP contribution in [-0.4, -0.2) is 25.1 Å². The maximum atomic E-state index is 4.68. The number of nitrogens with one attached hydrogen (secondary N) is 3. The van der Waals surface area contributed by atoms with Crippen molar-refractivity contribution in [2.45, 2.75) is 34.1 Å². The van der Waals surface area contributed by atoms with Gasteiger partial charge in [-0.3, -0.25) is 15.1 Å². The molecule has 0 aliphatic rings. The monoisotopic (exact) mass is 514 g/mol. The number of aromatic nitrogens is 5. The second-order valence-electron chi connectivity index (χ2n) is 10.9. The topological polar surface area (TPSA) is 82.3 Å². The third-order valence-electron chi connectivity index (χ3n) is 6.54. The molecule has 4 aromatic heterocycles. The lowest BCUT2D eigenvalue weighted by Gasteiger charge is -2.21. The maximum Gasteiger partial charge on any atom is 0.116 e. The Morgan fingerprint density at radius 2 is 1.85 bits per heavy atom. The summed E-state index contributed by atoms with van der Waals surface area (Å²) in [4.78, 5) is 12.4. The van der Waals surface area contributed by atoms with Gasteiger partial charge < -0.3 is 10.3 Å². The lowest BCUT2D eigenvalue weighted by atomic mass is 9.91. The van der Waals surface area contributed by atoms with E-state index in [9.17, 15) is 0 Å². The van der Waals surface area contributed by atoms with Crippen molar-refractivity contribution in [3.05, 3.63) is 109 Å². The van der Waals surface area contributed by atoms with Gasteiger partial charge in [-0.15, -0.1) is 0 Å². The predicted octanol–water partition coefficient (Wildman–Crippen LogP) is 8.18. The number of rotatable bonds is 8. The van der Waals surface area contributed by atoms with Crippen LogP contribution in [0.5, 0.6) is 0 Å². The predicted molar refractivity (Wildman–Crippen MR) is 163 cm³/mol. The van der Waals surface area contributed by atoms with Crippen molar-refractivity contribution in [2.24, 2.45) is 5.41 Å². The standard InChI is InChI=1S/C33H34N6/c1-7-22(16-25(8-2)36-21(3)19-33(4,5)6)23-11-12-29-26(17-23)32(39-38-29)30-18-27-28(37-30)13-15-35-31(27)24-10-9-14-34-20-24/h7-18,20,36-37H,2-3,19H2,1,4-6H3,(H,38,39)/b22-7+,25-16+. The van der Waals surface area contributed by atoms with Crippen molar-refractivity contribution >= 4 is 27.4 Å². The minimum atomic E-state index is 0.153. The average Bonchev–Trinajstić information content (AvgIpc) is 3.54. The highest BCUT2D eigenvalue weighted by Crippen LogP contribution is 2.34. The first-order valence-corrected chi connectivity index (χ1v) is 13.1. The van der Waals surface area contributed by atoms with E-state index in [-0.39, 0.29) is 5.41 Å². The number of aromatic amines is 2. The Bertz CT molecular complexity index is 1720. The molecule has 0 unspecified atom stereocenters. The Morgan fingerprint density at radius 1 is 1.03 bits per heavy atom. The van der Waals surface area contributed by atoms with Crippen LogP contribution in [-0.2, 0) is 0 Å². The second kappa shape index (κ2) is 10.6. The van der Waals surface area contributed by atoms with Crippen LogP contribution in [0.4, 0.5) is 0 Å². The molecule has 1 aromatic carbocycles. The second-order valence-corrected chi connectivity index (χ2v) is 10.9. The third-order valence-corrected chi connectivity index (χ3v) is 6.54. The molecule has 0 atom stereocenters. The highest BCUT2D eigenvalue weighted by Gasteiger charge is 2.16. The van der Waals surface area contributed by atoms with E-state index in [1.807, 2.05) is 43.6 Å². The molecular weight excluding hydrogens is 480 g/mol. The lowest BCUT2D eigenvalue weighted by Crippen LogP contribution is -2.16. The van der Waals surface area contributed by atoms with Crippen molar-refractivity contribution in [1.82, 2.24) is 30.5 Å². The van der Waals surface area contributed by atoms with Crippen molar-refractivity contribution in [2.75, 3.05) is 0 Å². The van der Waals surface area contributed by atoms with Crippen molar-refractivity contribution in [1.29, 1.82) is 0 Å². The molecule has 0 saturated heterocycles. The van der Waals surface area contributed by atoms with Crippen LogP contribution >= 0.6 is 0 Å². The highest BCUT2D eigenvalue weighted by atomic mass is 15.1. The SMILES string of the molecule is C=C/C(=C\C(=C/C)c1ccc2[nH]nc(-c3cc4c(-c5cccnc5)nccc4[nH]3)c2c1)NC(=C)CC(C)(C)C. The summed E-state index contributed by atoms with van der Waals surface area (Å²) in [7, 11) is 0. The molecule has 0 spiro atoms. The molecule has 39 heavy (non-hydrogen) atoms. The summed E-state index contributed by atoms with van der Waals surface area (Å²) in [6.07, 6.45) is 12.3. The summed E-state index contributed by atoms with van der Waals surface area (Å²) in [5.74, 6) is 0. The molecule has 0 radical (unpaired) electrons. The van der Waals surface area contributed by atoms with Crippen LogP contribution in [0.25, 0.3) is 50.0 Å². The fourth-order valence-electron chi connectivity index (χ4n) is 4.85. The average molecular weight is 515 g/mol. The minimum Gasteiger partial charge on any atom is -0.359 e. The van der Waals surface area contributed by atoms with Gasteiger partial charge in [-0.2, -0.15) is 5.10 Å².